The highest BCUT2D eigenvalue weighted by atomic mass is 33.1. The van der Waals surface area contributed by atoms with Crippen molar-refractivity contribution < 1.29 is 29.8 Å². The molecule has 1 fully saturated rings. The number of ether oxygens (including phenoxy) is 2. The van der Waals surface area contributed by atoms with Gasteiger partial charge in [0.15, 0.2) is 23.2 Å². The highest BCUT2D eigenvalue weighted by molar-refractivity contribution is 8.77. The molecule has 5 unspecified atom stereocenters. The largest absolute Gasteiger partial charge is 0.400 e. The maximum Gasteiger partial charge on any atom is 0.259 e. The van der Waals surface area contributed by atoms with Gasteiger partial charge in [-0.05, 0) is 64.8 Å². The molecule has 15 heteroatoms. The number of rotatable bonds is 15. The lowest BCUT2D eigenvalue weighted by atomic mass is 10.1. The molecule has 4 aromatic rings. The maximum absolute atomic E-state index is 12.9. The van der Waals surface area contributed by atoms with Crippen LogP contribution in [0.2, 0.25) is 0 Å². The van der Waals surface area contributed by atoms with E-state index < -0.39 is 33.1 Å². The smallest absolute Gasteiger partial charge is 0.259 e. The standard InChI is InChI=1S/C36H49N6O5PS2.CH4O/c1-23(2)42(24(3)4)48(45-20-19-26-15-13-14-18-28(26)49-50-36(6,7)8)47-30-25(5)46-35(31(30)44-9)41-22-39-29-32(37-21-38-33(29)41)40-34(43)27-16-11-10-12-17-27;1-2/h10-18,21-25,30-31,35H,19-20H2,1-9H3,(H,37,38,40,43);2H,1H3/i5D;2T. The predicted molar refractivity (Wildman–Crippen MR) is 211 cm³/mol. The highest BCUT2D eigenvalue weighted by Gasteiger charge is 2.48. The lowest BCUT2D eigenvalue weighted by Crippen LogP contribution is -2.39. The summed E-state index contributed by atoms with van der Waals surface area (Å²) in [6.07, 6.45) is 1.14. The number of hydrogen-bond acceptors (Lipinski definition) is 12. The lowest BCUT2D eigenvalue weighted by molar-refractivity contribution is -0.0466. The lowest BCUT2D eigenvalue weighted by Gasteiger charge is -2.38. The summed E-state index contributed by atoms with van der Waals surface area (Å²) in [6.45, 7) is 15.6. The number of carbonyl (C=O) groups excluding carboxylic acids is 1. The van der Waals surface area contributed by atoms with Crippen LogP contribution >= 0.6 is 30.1 Å². The molecule has 284 valence electrons. The number of aliphatic hydroxyl groups excluding tert-OH is 1. The van der Waals surface area contributed by atoms with E-state index in [0.717, 1.165) is 6.42 Å². The first-order valence-electron chi connectivity index (χ1n) is 18.3. The molecule has 5 rings (SSSR count). The van der Waals surface area contributed by atoms with Gasteiger partial charge in [-0.25, -0.2) is 19.6 Å². The Balaban J connectivity index is 0.00000209. The van der Waals surface area contributed by atoms with Crippen LogP contribution in [-0.2, 0) is 24.9 Å². The zero-order valence-electron chi connectivity index (χ0n) is 33.4. The molecular weight excluding hydrogens is 720 g/mol. The molecule has 0 bridgehead atoms. The van der Waals surface area contributed by atoms with Crippen LogP contribution in [0.5, 0.6) is 0 Å². The second-order valence-corrected chi connectivity index (χ2v) is 17.9. The number of carbonyl (C=O) groups is 1. The summed E-state index contributed by atoms with van der Waals surface area (Å²) >= 11 is 0. The zero-order valence-corrected chi connectivity index (χ0v) is 33.9. The number of nitrogens with one attached hydrogen (secondary N) is 1. The van der Waals surface area contributed by atoms with Gasteiger partial charge in [-0.2, -0.15) is 0 Å². The summed E-state index contributed by atoms with van der Waals surface area (Å²) in [5.74, 6) is -0.0261. The van der Waals surface area contributed by atoms with Crippen molar-refractivity contribution in [2.75, 3.05) is 26.1 Å². The summed E-state index contributed by atoms with van der Waals surface area (Å²) in [4.78, 5) is 27.5. The Morgan fingerprint density at radius 1 is 1.12 bits per heavy atom. The van der Waals surface area contributed by atoms with Gasteiger partial charge in [-0.3, -0.25) is 9.36 Å². The van der Waals surface area contributed by atoms with Gasteiger partial charge < -0.3 is 28.9 Å². The van der Waals surface area contributed by atoms with Crippen LogP contribution < -0.4 is 5.32 Å². The minimum atomic E-state index is -1.58. The van der Waals surface area contributed by atoms with Crippen LogP contribution in [0.4, 0.5) is 5.82 Å². The fourth-order valence-corrected chi connectivity index (χ4v) is 9.66. The van der Waals surface area contributed by atoms with Gasteiger partial charge in [-0.15, -0.1) is 0 Å². The summed E-state index contributed by atoms with van der Waals surface area (Å²) in [7, 11) is 4.97. The highest BCUT2D eigenvalue weighted by Crippen LogP contribution is 2.51. The second kappa shape index (κ2) is 19.6. The van der Waals surface area contributed by atoms with E-state index in [1.54, 1.807) is 53.1 Å². The summed E-state index contributed by atoms with van der Waals surface area (Å²) < 4.78 is 44.4. The third-order valence-corrected chi connectivity index (χ3v) is 13.4. The Kier molecular flexibility index (Phi) is 14.7. The maximum atomic E-state index is 12.9. The molecule has 0 radical (unpaired) electrons. The first kappa shape index (κ1) is 39.1. The van der Waals surface area contributed by atoms with Crippen LogP contribution in [0.1, 0.15) is 78.9 Å². The number of benzene rings is 2. The first-order chi connectivity index (χ1) is 25.8. The number of fused-ring (bicyclic) bond motifs is 1. The molecule has 5 atom stereocenters. The summed E-state index contributed by atoms with van der Waals surface area (Å²) in [5, 5.41) is 6.35. The van der Waals surface area contributed by atoms with Gasteiger partial charge in [0, 0.05) is 42.9 Å². The number of methoxy groups -OCH3 is 1. The van der Waals surface area contributed by atoms with E-state index in [4.69, 9.17) is 21.3 Å². The van der Waals surface area contributed by atoms with Crippen molar-refractivity contribution in [3.8, 4) is 0 Å². The molecule has 52 heavy (non-hydrogen) atoms. The number of nitrogens with zero attached hydrogens (tertiary/aromatic N) is 5. The molecule has 3 heterocycles. The number of aromatic nitrogens is 4. The Bertz CT molecular complexity index is 1750. The predicted octanol–water partition coefficient (Wildman–Crippen LogP) is 8.15. The van der Waals surface area contributed by atoms with Gasteiger partial charge in [0.1, 0.15) is 18.5 Å². The quantitative estimate of drug-likeness (QED) is 0.0892. The molecule has 1 saturated heterocycles. The van der Waals surface area contributed by atoms with Crippen LogP contribution in [0.15, 0.2) is 72.1 Å². The fraction of sp³-hybridized carbons (Fsp3) is 0.514. The van der Waals surface area contributed by atoms with Gasteiger partial charge in [0.2, 0.25) is 1.43 Å². The molecule has 0 spiro atoms. The third kappa shape index (κ3) is 10.7. The van der Waals surface area contributed by atoms with E-state index in [1.165, 1.54) is 23.9 Å². The van der Waals surface area contributed by atoms with Crippen molar-refractivity contribution in [2.45, 2.75) is 108 Å². The monoisotopic (exact) mass is 775 g/mol. The minimum absolute atomic E-state index is 0.0520. The molecule has 0 saturated carbocycles. The topological polar surface area (TPSA) is 133 Å². The Hall–Kier alpha value is -2.65. The Morgan fingerprint density at radius 2 is 1.81 bits per heavy atom. The third-order valence-electron chi connectivity index (χ3n) is 7.84. The molecule has 12 nitrogen and oxygen atoms in total. The molecule has 2 aromatic heterocycles. The fourth-order valence-electron chi connectivity index (χ4n) is 5.63. The van der Waals surface area contributed by atoms with Gasteiger partial charge in [0.25, 0.3) is 14.4 Å². The Morgan fingerprint density at radius 3 is 2.46 bits per heavy atom. The summed E-state index contributed by atoms with van der Waals surface area (Å²) in [6, 6.07) is 17.6. The summed E-state index contributed by atoms with van der Waals surface area (Å²) in [5.41, 5.74) is 2.59. The van der Waals surface area contributed by atoms with Gasteiger partial charge in [-0.1, -0.05) is 78.8 Å². The zero-order chi connectivity index (χ0) is 39.4. The molecule has 1 amide bonds. The molecule has 1 aliphatic heterocycles. The van der Waals surface area contributed by atoms with Crippen molar-refractivity contribution in [3.05, 3.63) is 78.4 Å². The van der Waals surface area contributed by atoms with E-state index in [9.17, 15) is 4.79 Å². The van der Waals surface area contributed by atoms with Gasteiger partial charge in [0.05, 0.1) is 19.0 Å². The van der Waals surface area contributed by atoms with Crippen molar-refractivity contribution >= 4 is 53.0 Å². The molecule has 2 aromatic carbocycles. The molecule has 2 N–H and O–H groups in total. The van der Waals surface area contributed by atoms with Crippen molar-refractivity contribution in [3.63, 3.8) is 0 Å². The van der Waals surface area contributed by atoms with E-state index in [1.807, 2.05) is 16.9 Å². The first-order valence-corrected chi connectivity index (χ1v) is 20.4. The van der Waals surface area contributed by atoms with Crippen molar-refractivity contribution in [2.24, 2.45) is 0 Å². The van der Waals surface area contributed by atoms with E-state index in [2.05, 4.69) is 103 Å². The number of amides is 1. The van der Waals surface area contributed by atoms with Crippen LogP contribution in [0.3, 0.4) is 0 Å². The van der Waals surface area contributed by atoms with Crippen LogP contribution in [-0.4, -0.2) is 92.6 Å². The second-order valence-electron chi connectivity index (χ2n) is 13.5. The van der Waals surface area contributed by atoms with Crippen molar-refractivity contribution in [1.29, 1.82) is 1.43 Å². The van der Waals surface area contributed by atoms with Crippen LogP contribution in [0, 0.1) is 0 Å². The van der Waals surface area contributed by atoms with E-state index in [-0.39, 0.29) is 35.5 Å². The van der Waals surface area contributed by atoms with E-state index >= 15 is 0 Å². The van der Waals surface area contributed by atoms with Gasteiger partial charge >= 0.3 is 0 Å². The molecular formula is C37H53N6O6PS2. The average Bonchev–Trinajstić information content (AvgIpc) is 3.72. The average molecular weight is 776 g/mol. The molecule has 1 aliphatic rings. The van der Waals surface area contributed by atoms with Crippen molar-refractivity contribution in [1.82, 2.24) is 24.2 Å². The SMILES string of the molecule is [2H]CC1OC(n2cnc3c(NC(=O)c4ccccc4)ncnc32)C(OC)C1OP(OCCc1ccccc1SSC(C)(C)C)N(C(C)C)C(C)C.[3H]OC. The van der Waals surface area contributed by atoms with E-state index in [0.29, 0.717) is 23.3 Å². The number of hydrogen-bond donors (Lipinski definition) is 2. The Labute approximate surface area is 320 Å². The van der Waals surface area contributed by atoms with Crippen LogP contribution in [0.25, 0.3) is 11.2 Å². The minimum Gasteiger partial charge on any atom is -0.400 e. The number of imidazole rings is 1. The molecule has 0 aliphatic carbocycles. The number of anilines is 1. The normalized spacial score (nSPS) is 20.2. The number of aliphatic hydroxyl groups is 1.